The van der Waals surface area contributed by atoms with Crippen LogP contribution in [0.5, 0.6) is 0 Å². The van der Waals surface area contributed by atoms with E-state index in [-0.39, 0.29) is 5.82 Å². The summed E-state index contributed by atoms with van der Waals surface area (Å²) in [5.74, 6) is 0.788. The molecule has 0 saturated heterocycles. The first-order valence-electron chi connectivity index (χ1n) is 6.60. The van der Waals surface area contributed by atoms with E-state index in [1.54, 1.807) is 31.2 Å². The lowest BCUT2D eigenvalue weighted by Crippen LogP contribution is -2.27. The Hall–Kier alpha value is -1.76. The minimum absolute atomic E-state index is 0.360. The lowest BCUT2D eigenvalue weighted by molar-refractivity contribution is 0.0635. The van der Waals surface area contributed by atoms with Gasteiger partial charge < -0.3 is 4.74 Å². The van der Waals surface area contributed by atoms with Crippen molar-refractivity contribution in [2.75, 3.05) is 11.1 Å². The van der Waals surface area contributed by atoms with E-state index >= 15 is 0 Å². The van der Waals surface area contributed by atoms with Gasteiger partial charge in [0, 0.05) is 6.20 Å². The van der Waals surface area contributed by atoms with Gasteiger partial charge in [0.2, 0.25) is 0 Å². The van der Waals surface area contributed by atoms with Gasteiger partial charge >= 0.3 is 6.09 Å². The molecule has 0 bridgehead atoms. The zero-order chi connectivity index (χ0) is 15.6. The van der Waals surface area contributed by atoms with E-state index in [0.29, 0.717) is 16.5 Å². The Bertz CT molecular complexity index is 664. The van der Waals surface area contributed by atoms with E-state index < -0.39 is 11.7 Å². The molecular formula is C14H18FN3O2S. The van der Waals surface area contributed by atoms with Crippen LogP contribution in [-0.2, 0) is 4.74 Å². The van der Waals surface area contributed by atoms with Gasteiger partial charge in [-0.3, -0.25) is 9.72 Å². The number of carbonyl (C=O) groups is 1. The molecular weight excluding hydrogens is 293 g/mol. The van der Waals surface area contributed by atoms with E-state index in [1.165, 1.54) is 24.0 Å². The van der Waals surface area contributed by atoms with Crippen molar-refractivity contribution in [1.82, 2.24) is 9.38 Å². The standard InChI is InChI=1S/C14H18FN3O2S/c1-5-21-12-11(17-13(19)20-14(2,3)4)16-10-7-6-9(15)8-18(10)12/h6-8H,5H2,1-4H3,(H,17,19). The molecule has 2 aromatic rings. The van der Waals surface area contributed by atoms with Gasteiger partial charge in [-0.1, -0.05) is 6.92 Å². The van der Waals surface area contributed by atoms with Crippen molar-refractivity contribution < 1.29 is 13.9 Å². The van der Waals surface area contributed by atoms with Gasteiger partial charge in [0.15, 0.2) is 5.82 Å². The highest BCUT2D eigenvalue weighted by molar-refractivity contribution is 7.99. The number of anilines is 1. The number of rotatable bonds is 3. The number of halogens is 1. The van der Waals surface area contributed by atoms with Gasteiger partial charge in [0.1, 0.15) is 22.1 Å². The summed E-state index contributed by atoms with van der Waals surface area (Å²) in [5, 5.41) is 3.30. The first-order valence-corrected chi connectivity index (χ1v) is 7.59. The molecule has 0 radical (unpaired) electrons. The molecule has 21 heavy (non-hydrogen) atoms. The SMILES string of the molecule is CCSc1c(NC(=O)OC(C)(C)C)nc2ccc(F)cn12. The lowest BCUT2D eigenvalue weighted by atomic mass is 10.2. The Labute approximate surface area is 126 Å². The second kappa shape index (κ2) is 5.93. The molecule has 2 heterocycles. The van der Waals surface area contributed by atoms with Gasteiger partial charge in [-0.25, -0.2) is 14.2 Å². The lowest BCUT2D eigenvalue weighted by Gasteiger charge is -2.19. The maximum Gasteiger partial charge on any atom is 0.413 e. The number of aromatic nitrogens is 2. The van der Waals surface area contributed by atoms with Crippen LogP contribution in [0.4, 0.5) is 15.0 Å². The average molecular weight is 311 g/mol. The van der Waals surface area contributed by atoms with Gasteiger partial charge in [-0.15, -0.1) is 11.8 Å². The van der Waals surface area contributed by atoms with Crippen molar-refractivity contribution in [3.63, 3.8) is 0 Å². The Morgan fingerprint density at radius 1 is 1.48 bits per heavy atom. The number of hydrogen-bond acceptors (Lipinski definition) is 4. The van der Waals surface area contributed by atoms with Crippen LogP contribution in [0.2, 0.25) is 0 Å². The molecule has 1 amide bonds. The van der Waals surface area contributed by atoms with Crippen molar-refractivity contribution in [3.05, 3.63) is 24.1 Å². The van der Waals surface area contributed by atoms with Crippen LogP contribution in [0, 0.1) is 5.82 Å². The van der Waals surface area contributed by atoms with Crippen molar-refractivity contribution in [2.24, 2.45) is 0 Å². The molecule has 0 fully saturated rings. The Morgan fingerprint density at radius 2 is 2.19 bits per heavy atom. The highest BCUT2D eigenvalue weighted by atomic mass is 32.2. The minimum atomic E-state index is -0.590. The molecule has 114 valence electrons. The molecule has 2 rings (SSSR count). The molecule has 0 spiro atoms. The van der Waals surface area contributed by atoms with Gasteiger partial charge in [0.25, 0.3) is 0 Å². The van der Waals surface area contributed by atoms with Crippen LogP contribution >= 0.6 is 11.8 Å². The third-order valence-electron chi connectivity index (χ3n) is 2.44. The largest absolute Gasteiger partial charge is 0.444 e. The maximum absolute atomic E-state index is 13.4. The van der Waals surface area contributed by atoms with Gasteiger partial charge in [0.05, 0.1) is 0 Å². The predicted octanol–water partition coefficient (Wildman–Crippen LogP) is 3.93. The van der Waals surface area contributed by atoms with Crippen molar-refractivity contribution in [3.8, 4) is 0 Å². The normalized spacial score (nSPS) is 11.7. The zero-order valence-electron chi connectivity index (χ0n) is 12.4. The summed E-state index contributed by atoms with van der Waals surface area (Å²) in [6.45, 7) is 7.33. The molecule has 0 aliphatic heterocycles. The second-order valence-corrected chi connectivity index (χ2v) is 6.65. The van der Waals surface area contributed by atoms with Gasteiger partial charge in [-0.2, -0.15) is 0 Å². The topological polar surface area (TPSA) is 55.6 Å². The Balaban J connectivity index is 2.34. The number of fused-ring (bicyclic) bond motifs is 1. The summed E-state index contributed by atoms with van der Waals surface area (Å²) in [6, 6.07) is 2.90. The predicted molar refractivity (Wildman–Crippen MR) is 81.4 cm³/mol. The molecule has 0 atom stereocenters. The van der Waals surface area contributed by atoms with Crippen molar-refractivity contribution >= 4 is 29.3 Å². The van der Waals surface area contributed by atoms with Crippen LogP contribution < -0.4 is 5.32 Å². The number of nitrogens with one attached hydrogen (secondary N) is 1. The number of pyridine rings is 1. The van der Waals surface area contributed by atoms with Crippen LogP contribution in [0.25, 0.3) is 5.65 Å². The molecule has 0 aromatic carbocycles. The van der Waals surface area contributed by atoms with E-state index in [2.05, 4.69) is 10.3 Å². The number of hydrogen-bond donors (Lipinski definition) is 1. The van der Waals surface area contributed by atoms with Crippen LogP contribution in [0.3, 0.4) is 0 Å². The molecule has 2 aromatic heterocycles. The summed E-state index contributed by atoms with van der Waals surface area (Å²) in [5.41, 5.74) is -0.0219. The highest BCUT2D eigenvalue weighted by Gasteiger charge is 2.20. The molecule has 0 saturated carbocycles. The Morgan fingerprint density at radius 3 is 2.81 bits per heavy atom. The van der Waals surface area contributed by atoms with E-state index in [1.807, 2.05) is 6.92 Å². The molecule has 5 nitrogen and oxygen atoms in total. The average Bonchev–Trinajstić information content (AvgIpc) is 2.65. The van der Waals surface area contributed by atoms with Gasteiger partial charge in [-0.05, 0) is 38.7 Å². The molecule has 7 heteroatoms. The van der Waals surface area contributed by atoms with Crippen LogP contribution in [-0.4, -0.2) is 26.8 Å². The van der Waals surface area contributed by atoms with E-state index in [9.17, 15) is 9.18 Å². The quantitative estimate of drug-likeness (QED) is 0.873. The van der Waals surface area contributed by atoms with E-state index in [0.717, 1.165) is 5.75 Å². The zero-order valence-corrected chi connectivity index (χ0v) is 13.3. The fourth-order valence-electron chi connectivity index (χ4n) is 1.75. The number of imidazole rings is 1. The minimum Gasteiger partial charge on any atom is -0.444 e. The summed E-state index contributed by atoms with van der Waals surface area (Å²) in [7, 11) is 0. The van der Waals surface area contributed by atoms with Crippen LogP contribution in [0.15, 0.2) is 23.4 Å². The van der Waals surface area contributed by atoms with Crippen molar-refractivity contribution in [1.29, 1.82) is 0 Å². The Kier molecular flexibility index (Phi) is 4.41. The number of thioether (sulfide) groups is 1. The summed E-state index contributed by atoms with van der Waals surface area (Å²) < 4.78 is 20.2. The third kappa shape index (κ3) is 3.87. The fourth-order valence-corrected chi connectivity index (χ4v) is 2.55. The third-order valence-corrected chi connectivity index (χ3v) is 3.39. The van der Waals surface area contributed by atoms with Crippen LogP contribution in [0.1, 0.15) is 27.7 Å². The summed E-state index contributed by atoms with van der Waals surface area (Å²) >= 11 is 1.47. The second-order valence-electron chi connectivity index (χ2n) is 5.40. The number of nitrogens with zero attached hydrogens (tertiary/aromatic N) is 2. The molecule has 0 unspecified atom stereocenters. The maximum atomic E-state index is 13.4. The summed E-state index contributed by atoms with van der Waals surface area (Å²) in [4.78, 5) is 16.2. The molecule has 0 aliphatic rings. The highest BCUT2D eigenvalue weighted by Crippen LogP contribution is 2.28. The molecule has 0 aliphatic carbocycles. The molecule has 1 N–H and O–H groups in total. The first-order chi connectivity index (χ1) is 9.80. The smallest absolute Gasteiger partial charge is 0.413 e. The summed E-state index contributed by atoms with van der Waals surface area (Å²) in [6.07, 6.45) is 0.768. The fraction of sp³-hybridized carbons (Fsp3) is 0.429. The number of amides is 1. The first kappa shape index (κ1) is 15.6. The van der Waals surface area contributed by atoms with E-state index in [4.69, 9.17) is 4.74 Å². The van der Waals surface area contributed by atoms with Crippen molar-refractivity contribution in [2.45, 2.75) is 38.3 Å². The number of carbonyl (C=O) groups excluding carboxylic acids is 1. The number of ether oxygens (including phenoxy) is 1. The monoisotopic (exact) mass is 311 g/mol.